The van der Waals surface area contributed by atoms with Crippen LogP contribution in [0.1, 0.15) is 0 Å². The number of anilines is 1. The summed E-state index contributed by atoms with van der Waals surface area (Å²) in [4.78, 5) is 0. The van der Waals surface area contributed by atoms with Crippen molar-refractivity contribution in [2.75, 3.05) is 5.73 Å². The molecule has 0 aliphatic carbocycles. The van der Waals surface area contributed by atoms with Crippen molar-refractivity contribution in [2.45, 2.75) is 0 Å². The third-order valence-corrected chi connectivity index (χ3v) is 0.516. The van der Waals surface area contributed by atoms with Crippen molar-refractivity contribution < 1.29 is 9.63 Å². The van der Waals surface area contributed by atoms with Gasteiger partial charge < -0.3 is 15.4 Å². The third-order valence-electron chi connectivity index (χ3n) is 0.516. The fraction of sp³-hybridized carbons (Fsp3) is 0. The molecule has 0 saturated carbocycles. The molecule has 0 fully saturated rings. The second-order valence-corrected chi connectivity index (χ2v) is 1.09. The number of hydrogen-bond acceptors (Lipinski definition) is 4. The smallest absolute Gasteiger partial charge is 0.310 e. The van der Waals surface area contributed by atoms with Crippen LogP contribution < -0.4 is 5.73 Å². The number of aromatic hydroxyl groups is 1. The van der Waals surface area contributed by atoms with E-state index in [4.69, 9.17) is 10.8 Å². The highest BCUT2D eigenvalue weighted by Gasteiger charge is 1.92. The lowest BCUT2D eigenvalue weighted by Gasteiger charge is -1.65. The SMILES string of the molecule is Nc1cc(O)on1. The van der Waals surface area contributed by atoms with Crippen LogP contribution in [0.5, 0.6) is 5.95 Å². The summed E-state index contributed by atoms with van der Waals surface area (Å²) in [6.45, 7) is 0. The fourth-order valence-electron chi connectivity index (χ4n) is 0.279. The highest BCUT2D eigenvalue weighted by molar-refractivity contribution is 5.28. The Morgan fingerprint density at radius 3 is 2.71 bits per heavy atom. The molecule has 0 radical (unpaired) electrons. The molecule has 0 bridgehead atoms. The average molecular weight is 100 g/mol. The molecule has 0 aliphatic rings. The van der Waals surface area contributed by atoms with Gasteiger partial charge in [-0.2, -0.15) is 0 Å². The van der Waals surface area contributed by atoms with E-state index >= 15 is 0 Å². The maximum absolute atomic E-state index is 8.34. The minimum absolute atomic E-state index is 0.192. The number of nitrogen functional groups attached to an aromatic ring is 1. The minimum Gasteiger partial charge on any atom is -0.479 e. The maximum Gasteiger partial charge on any atom is 0.310 e. The van der Waals surface area contributed by atoms with Crippen LogP contribution >= 0.6 is 0 Å². The van der Waals surface area contributed by atoms with Crippen molar-refractivity contribution in [1.29, 1.82) is 0 Å². The molecule has 38 valence electrons. The van der Waals surface area contributed by atoms with E-state index in [1.54, 1.807) is 0 Å². The Morgan fingerprint density at radius 1 is 1.86 bits per heavy atom. The molecule has 1 aromatic rings. The largest absolute Gasteiger partial charge is 0.479 e. The fourth-order valence-corrected chi connectivity index (χ4v) is 0.279. The molecule has 3 N–H and O–H groups in total. The standard InChI is InChI=1S/C3H4N2O2/c4-2-1-3(6)7-5-2/h1,6H,(H2,4,5). The Bertz CT molecular complexity index is 143. The molecule has 4 heteroatoms. The zero-order valence-electron chi connectivity index (χ0n) is 3.46. The number of nitrogens with two attached hydrogens (primary N) is 1. The Labute approximate surface area is 39.5 Å². The molecule has 0 amide bonds. The zero-order chi connectivity index (χ0) is 5.28. The Morgan fingerprint density at radius 2 is 2.57 bits per heavy atom. The lowest BCUT2D eigenvalue weighted by Crippen LogP contribution is -1.79. The van der Waals surface area contributed by atoms with Crippen molar-refractivity contribution >= 4 is 5.82 Å². The normalized spacial score (nSPS) is 9.14. The average Bonchev–Trinajstić information content (AvgIpc) is 1.87. The Hall–Kier alpha value is -1.19. The van der Waals surface area contributed by atoms with E-state index < -0.39 is 0 Å². The van der Waals surface area contributed by atoms with Crippen LogP contribution in [-0.4, -0.2) is 10.3 Å². The summed E-state index contributed by atoms with van der Waals surface area (Å²) in [7, 11) is 0. The van der Waals surface area contributed by atoms with Crippen LogP contribution in [-0.2, 0) is 0 Å². The predicted molar refractivity (Wildman–Crippen MR) is 22.6 cm³/mol. The van der Waals surface area contributed by atoms with Gasteiger partial charge in [0.05, 0.1) is 6.07 Å². The van der Waals surface area contributed by atoms with Crippen LogP contribution in [0.15, 0.2) is 10.6 Å². The van der Waals surface area contributed by atoms with Crippen LogP contribution in [0.25, 0.3) is 0 Å². The number of aromatic nitrogens is 1. The van der Waals surface area contributed by atoms with Gasteiger partial charge in [-0.1, -0.05) is 5.16 Å². The first-order valence-corrected chi connectivity index (χ1v) is 1.70. The molecular formula is C3H4N2O2. The molecule has 0 saturated heterocycles. The molecule has 0 aliphatic heterocycles. The summed E-state index contributed by atoms with van der Waals surface area (Å²) < 4.78 is 4.14. The monoisotopic (exact) mass is 100 g/mol. The maximum atomic E-state index is 8.34. The molecule has 7 heavy (non-hydrogen) atoms. The summed E-state index contributed by atoms with van der Waals surface area (Å²) in [6, 6.07) is 1.22. The van der Waals surface area contributed by atoms with E-state index in [9.17, 15) is 0 Å². The second kappa shape index (κ2) is 1.14. The molecule has 0 atom stereocenters. The van der Waals surface area contributed by atoms with E-state index in [0.717, 1.165) is 0 Å². The molecule has 0 unspecified atom stereocenters. The van der Waals surface area contributed by atoms with E-state index in [0.29, 0.717) is 0 Å². The van der Waals surface area contributed by atoms with Crippen LogP contribution in [0.3, 0.4) is 0 Å². The molecule has 1 heterocycles. The van der Waals surface area contributed by atoms with Gasteiger partial charge in [0.2, 0.25) is 0 Å². The van der Waals surface area contributed by atoms with Gasteiger partial charge in [0.1, 0.15) is 0 Å². The first kappa shape index (κ1) is 3.98. The quantitative estimate of drug-likeness (QED) is 0.480. The van der Waals surface area contributed by atoms with Crippen LogP contribution in [0.4, 0.5) is 5.82 Å². The predicted octanol–water partition coefficient (Wildman–Crippen LogP) is -0.0376. The summed E-state index contributed by atoms with van der Waals surface area (Å²) in [5.41, 5.74) is 5.01. The molecule has 1 rings (SSSR count). The summed E-state index contributed by atoms with van der Waals surface area (Å²) in [5.74, 6) is -0.0602. The van der Waals surface area contributed by atoms with Crippen molar-refractivity contribution in [1.82, 2.24) is 5.16 Å². The summed E-state index contributed by atoms with van der Waals surface area (Å²) >= 11 is 0. The van der Waals surface area contributed by atoms with E-state index in [2.05, 4.69) is 9.68 Å². The van der Waals surface area contributed by atoms with E-state index in [-0.39, 0.29) is 11.8 Å². The molecule has 1 aromatic heterocycles. The van der Waals surface area contributed by atoms with Crippen molar-refractivity contribution in [2.24, 2.45) is 0 Å². The highest BCUT2D eigenvalue weighted by Crippen LogP contribution is 2.09. The van der Waals surface area contributed by atoms with Gasteiger partial charge in [0.25, 0.3) is 0 Å². The topological polar surface area (TPSA) is 72.3 Å². The van der Waals surface area contributed by atoms with Crippen molar-refractivity contribution in [3.8, 4) is 5.95 Å². The van der Waals surface area contributed by atoms with Gasteiger partial charge in [-0.25, -0.2) is 0 Å². The van der Waals surface area contributed by atoms with E-state index in [1.165, 1.54) is 6.07 Å². The van der Waals surface area contributed by atoms with Gasteiger partial charge in [-0.05, 0) is 0 Å². The van der Waals surface area contributed by atoms with Crippen molar-refractivity contribution in [3.63, 3.8) is 0 Å². The summed E-state index contributed by atoms with van der Waals surface area (Å²) in [6.07, 6.45) is 0. The van der Waals surface area contributed by atoms with Gasteiger partial charge >= 0.3 is 5.95 Å². The first-order valence-electron chi connectivity index (χ1n) is 1.70. The van der Waals surface area contributed by atoms with Gasteiger partial charge in [0.15, 0.2) is 5.82 Å². The van der Waals surface area contributed by atoms with Gasteiger partial charge in [0, 0.05) is 0 Å². The number of rotatable bonds is 0. The number of nitrogens with zero attached hydrogens (tertiary/aromatic N) is 1. The Kier molecular flexibility index (Phi) is 0.651. The molecule has 4 nitrogen and oxygen atoms in total. The molecule has 0 aromatic carbocycles. The van der Waals surface area contributed by atoms with Gasteiger partial charge in [-0.15, -0.1) is 0 Å². The first-order chi connectivity index (χ1) is 3.29. The lowest BCUT2D eigenvalue weighted by molar-refractivity contribution is 0.279. The van der Waals surface area contributed by atoms with Gasteiger partial charge in [-0.3, -0.25) is 0 Å². The molecule has 0 spiro atoms. The Balaban J connectivity index is 3.04. The zero-order valence-corrected chi connectivity index (χ0v) is 3.46. The van der Waals surface area contributed by atoms with E-state index in [1.807, 2.05) is 0 Å². The van der Waals surface area contributed by atoms with Crippen LogP contribution in [0, 0.1) is 0 Å². The molecular weight excluding hydrogens is 96.0 g/mol. The summed E-state index contributed by atoms with van der Waals surface area (Å²) in [5, 5.41) is 11.5. The highest BCUT2D eigenvalue weighted by atomic mass is 16.5. The van der Waals surface area contributed by atoms with Crippen LogP contribution in [0.2, 0.25) is 0 Å². The lowest BCUT2D eigenvalue weighted by atomic mass is 10.6. The second-order valence-electron chi connectivity index (χ2n) is 1.09. The third kappa shape index (κ3) is 0.623. The van der Waals surface area contributed by atoms with Crippen molar-refractivity contribution in [3.05, 3.63) is 6.07 Å². The minimum atomic E-state index is -0.252. The number of hydrogen-bond donors (Lipinski definition) is 2.